The first-order valence-electron chi connectivity index (χ1n) is 11.0. The molecule has 0 unspecified atom stereocenters. The van der Waals surface area contributed by atoms with Crippen LogP contribution in [0.2, 0.25) is 0 Å². The molecular weight excluding hydrogens is 544 g/mol. The first-order chi connectivity index (χ1) is 18.0. The maximum Gasteiger partial charge on any atom is 0.573 e. The molecule has 15 heteroatoms. The van der Waals surface area contributed by atoms with Crippen LogP contribution in [-0.4, -0.2) is 70.1 Å². The molecule has 1 fully saturated rings. The van der Waals surface area contributed by atoms with Crippen molar-refractivity contribution < 1.29 is 60.7 Å². The molecule has 0 aliphatic carbocycles. The number of carboxylic acids is 1. The number of hydrogen-bond donors (Lipinski definition) is 4. The van der Waals surface area contributed by atoms with Crippen LogP contribution in [0.25, 0.3) is 22.3 Å². The zero-order valence-electron chi connectivity index (χ0n) is 19.9. The molecule has 4 rings (SSSR count). The summed E-state index contributed by atoms with van der Waals surface area (Å²) in [6.45, 7) is 0.977. The minimum Gasteiger partial charge on any atom is -0.507 e. The maximum absolute atomic E-state index is 12.8. The van der Waals surface area contributed by atoms with Crippen LogP contribution >= 0.6 is 0 Å². The van der Waals surface area contributed by atoms with Crippen molar-refractivity contribution in [3.8, 4) is 28.6 Å². The van der Waals surface area contributed by atoms with E-state index in [1.54, 1.807) is 0 Å². The van der Waals surface area contributed by atoms with Gasteiger partial charge in [0.2, 0.25) is 0 Å². The van der Waals surface area contributed by atoms with Gasteiger partial charge in [0.05, 0.1) is 6.10 Å². The highest BCUT2D eigenvalue weighted by atomic mass is 19.4. The Bertz CT molecular complexity index is 1400. The number of phenolic OH excluding ortho intramolecular Hbond substituents is 2. The molecule has 0 saturated carbocycles. The lowest BCUT2D eigenvalue weighted by Gasteiger charge is -2.34. The number of alkyl halides is 6. The largest absolute Gasteiger partial charge is 0.573 e. The number of ether oxygens (including phenoxy) is 1. The molecule has 0 spiro atoms. The van der Waals surface area contributed by atoms with Crippen LogP contribution in [0.5, 0.6) is 17.2 Å². The molecule has 1 aliphatic rings. The molecule has 1 aromatic heterocycles. The number of likely N-dealkylation sites (N-methyl/N-ethyl adjacent to an activating group) is 1. The molecule has 0 bridgehead atoms. The number of aliphatic hydroxyl groups excluding tert-OH is 1. The molecule has 1 saturated heterocycles. The van der Waals surface area contributed by atoms with E-state index < -0.39 is 47.5 Å². The topological polar surface area (TPSA) is 141 Å². The van der Waals surface area contributed by atoms with Gasteiger partial charge in [0.25, 0.3) is 0 Å². The van der Waals surface area contributed by atoms with Crippen molar-refractivity contribution in [1.29, 1.82) is 0 Å². The van der Waals surface area contributed by atoms with Gasteiger partial charge in [-0.3, -0.25) is 4.79 Å². The van der Waals surface area contributed by atoms with Crippen molar-refractivity contribution in [1.82, 2.24) is 4.90 Å². The molecule has 0 radical (unpaired) electrons. The average Bonchev–Trinajstić information content (AvgIpc) is 2.79. The predicted octanol–water partition coefficient (Wildman–Crippen LogP) is 4.18. The number of aliphatic hydroxyl groups is 1. The number of nitrogens with zero attached hydrogens (tertiary/aromatic N) is 1. The summed E-state index contributed by atoms with van der Waals surface area (Å²) in [6, 6.07) is 6.88. The number of halogens is 6. The molecule has 4 N–H and O–H groups in total. The summed E-state index contributed by atoms with van der Waals surface area (Å²) in [7, 11) is 1.85. The summed E-state index contributed by atoms with van der Waals surface area (Å²) < 4.78 is 78.6. The van der Waals surface area contributed by atoms with Gasteiger partial charge in [-0.2, -0.15) is 13.2 Å². The van der Waals surface area contributed by atoms with Gasteiger partial charge in [0.1, 0.15) is 34.0 Å². The molecule has 9 nitrogen and oxygen atoms in total. The van der Waals surface area contributed by atoms with Crippen molar-refractivity contribution in [2.24, 2.45) is 0 Å². The molecule has 3 aromatic rings. The number of piperidine rings is 1. The van der Waals surface area contributed by atoms with E-state index in [0.29, 0.717) is 19.5 Å². The number of fused-ring (bicyclic) bond motifs is 1. The fraction of sp³-hybridized carbons (Fsp3) is 0.333. The fourth-order valence-electron chi connectivity index (χ4n) is 4.07. The number of carbonyl (C=O) groups is 1. The summed E-state index contributed by atoms with van der Waals surface area (Å²) >= 11 is 0. The van der Waals surface area contributed by atoms with Crippen molar-refractivity contribution >= 4 is 16.9 Å². The van der Waals surface area contributed by atoms with Crippen LogP contribution in [0.15, 0.2) is 45.6 Å². The number of benzene rings is 2. The molecule has 0 amide bonds. The zero-order valence-corrected chi connectivity index (χ0v) is 19.9. The second-order valence-corrected chi connectivity index (χ2v) is 8.61. The minimum atomic E-state index is -5.08. The number of hydrogen-bond acceptors (Lipinski definition) is 8. The van der Waals surface area contributed by atoms with Crippen LogP contribution < -0.4 is 10.2 Å². The van der Waals surface area contributed by atoms with Crippen LogP contribution in [0.4, 0.5) is 26.3 Å². The number of rotatable bonds is 3. The molecule has 39 heavy (non-hydrogen) atoms. The fourth-order valence-corrected chi connectivity index (χ4v) is 4.07. The Balaban J connectivity index is 0.000000532. The van der Waals surface area contributed by atoms with E-state index in [9.17, 15) is 46.5 Å². The number of phenols is 2. The summed E-state index contributed by atoms with van der Waals surface area (Å²) in [6.07, 6.45) is -10.3. The summed E-state index contributed by atoms with van der Waals surface area (Å²) in [5.41, 5.74) is -0.183. The van der Waals surface area contributed by atoms with Gasteiger partial charge < -0.3 is 34.5 Å². The second-order valence-electron chi connectivity index (χ2n) is 8.61. The van der Waals surface area contributed by atoms with Crippen LogP contribution in [0, 0.1) is 0 Å². The number of aliphatic carboxylic acids is 1. The molecule has 2 aromatic carbocycles. The van der Waals surface area contributed by atoms with Gasteiger partial charge in [0.15, 0.2) is 5.43 Å². The van der Waals surface area contributed by atoms with E-state index in [1.165, 1.54) is 12.1 Å². The Hall–Kier alpha value is -3.98. The highest BCUT2D eigenvalue weighted by molar-refractivity contribution is 5.89. The Morgan fingerprint density at radius 2 is 1.64 bits per heavy atom. The Morgan fingerprint density at radius 3 is 2.15 bits per heavy atom. The molecule has 212 valence electrons. The predicted molar refractivity (Wildman–Crippen MR) is 122 cm³/mol. The van der Waals surface area contributed by atoms with Gasteiger partial charge in [-0.25, -0.2) is 4.79 Å². The zero-order chi connectivity index (χ0) is 29.3. The third kappa shape index (κ3) is 7.11. The van der Waals surface area contributed by atoms with E-state index in [-0.39, 0.29) is 33.6 Å². The minimum absolute atomic E-state index is 0.0229. The van der Waals surface area contributed by atoms with Crippen LogP contribution in [0.3, 0.4) is 0 Å². The van der Waals surface area contributed by atoms with E-state index in [1.807, 2.05) is 11.9 Å². The SMILES string of the molecule is CN1CC[C@H](c2c(O)cc(O)c3c(=O)cc(-c4ccc(OC(F)(F)F)cc4)oc23)[C@H](O)C1.O=C(O)C(F)(F)F. The number of β-amino-alcohol motifs (C(OH)–C–C–N with tert-alkyl or cyclic N) is 1. The third-order valence-electron chi connectivity index (χ3n) is 5.77. The number of carboxylic acid groups (broad SMARTS) is 1. The second kappa shape index (κ2) is 11.0. The van der Waals surface area contributed by atoms with Crippen LogP contribution in [0.1, 0.15) is 17.9 Å². The molecule has 2 atom stereocenters. The standard InChI is InChI=1S/C22H20F3NO6.C2HF3O2/c1-26-7-6-13(17(30)10-26)19-14(27)8-15(28)20-16(29)9-18(31-21(19)20)11-2-4-12(5-3-11)32-22(23,24)25;3-2(4,5)1(6)7/h2-5,8-9,13,17,27-28,30H,6-7,10H2,1H3;(H,6,7)/t13-,17+;/m0./s1. The monoisotopic (exact) mass is 565 g/mol. The Kier molecular flexibility index (Phi) is 8.36. The molecular formula is C24H21F6NO8. The number of likely N-dealkylation sites (tertiary alicyclic amines) is 1. The lowest BCUT2D eigenvalue weighted by molar-refractivity contribution is -0.274. The van der Waals surface area contributed by atoms with E-state index in [0.717, 1.165) is 24.3 Å². The van der Waals surface area contributed by atoms with Crippen molar-refractivity contribution in [3.63, 3.8) is 0 Å². The smallest absolute Gasteiger partial charge is 0.507 e. The summed E-state index contributed by atoms with van der Waals surface area (Å²) in [5.74, 6) is -4.51. The van der Waals surface area contributed by atoms with Crippen molar-refractivity contribution in [3.05, 3.63) is 52.2 Å². The van der Waals surface area contributed by atoms with Gasteiger partial charge >= 0.3 is 18.5 Å². The third-order valence-corrected chi connectivity index (χ3v) is 5.77. The molecule has 2 heterocycles. The average molecular weight is 565 g/mol. The lowest BCUT2D eigenvalue weighted by Crippen LogP contribution is -2.40. The Labute approximate surface area is 215 Å². The highest BCUT2D eigenvalue weighted by Crippen LogP contribution is 2.42. The van der Waals surface area contributed by atoms with Gasteiger partial charge in [-0.05, 0) is 44.3 Å². The number of aromatic hydroxyl groups is 2. The summed E-state index contributed by atoms with van der Waals surface area (Å²) in [4.78, 5) is 23.6. The van der Waals surface area contributed by atoms with Gasteiger partial charge in [-0.1, -0.05) is 0 Å². The summed E-state index contributed by atoms with van der Waals surface area (Å²) in [5, 5.41) is 38.4. The Morgan fingerprint density at radius 1 is 1.05 bits per heavy atom. The van der Waals surface area contributed by atoms with Gasteiger partial charge in [0, 0.05) is 35.7 Å². The highest BCUT2D eigenvalue weighted by Gasteiger charge is 2.38. The first-order valence-corrected chi connectivity index (χ1v) is 11.0. The van der Waals surface area contributed by atoms with Crippen molar-refractivity contribution in [2.75, 3.05) is 20.1 Å². The van der Waals surface area contributed by atoms with Crippen LogP contribution in [-0.2, 0) is 4.79 Å². The normalized spacial score (nSPS) is 18.4. The van der Waals surface area contributed by atoms with E-state index >= 15 is 0 Å². The van der Waals surface area contributed by atoms with E-state index in [4.69, 9.17) is 14.3 Å². The maximum atomic E-state index is 12.8. The first kappa shape index (κ1) is 29.6. The lowest BCUT2D eigenvalue weighted by atomic mass is 9.85. The molecule has 1 aliphatic heterocycles. The van der Waals surface area contributed by atoms with Crippen molar-refractivity contribution in [2.45, 2.75) is 31.0 Å². The van der Waals surface area contributed by atoms with Gasteiger partial charge in [-0.15, -0.1) is 13.2 Å². The van der Waals surface area contributed by atoms with E-state index in [2.05, 4.69) is 4.74 Å². The quantitative estimate of drug-likeness (QED) is 0.344.